The van der Waals surface area contributed by atoms with Crippen molar-refractivity contribution >= 4 is 5.71 Å². The lowest BCUT2D eigenvalue weighted by Crippen LogP contribution is -2.09. The second-order valence-corrected chi connectivity index (χ2v) is 6.43. The average Bonchev–Trinajstić information content (AvgIpc) is 2.99. The van der Waals surface area contributed by atoms with Crippen LogP contribution in [0.5, 0.6) is 0 Å². The van der Waals surface area contributed by atoms with Crippen LogP contribution in [-0.4, -0.2) is 12.3 Å². The molecule has 0 spiro atoms. The summed E-state index contributed by atoms with van der Waals surface area (Å²) in [6, 6.07) is 0. The van der Waals surface area contributed by atoms with Gasteiger partial charge in [0.25, 0.3) is 0 Å². The molecule has 0 saturated heterocycles. The Kier molecular flexibility index (Phi) is 6.23. The van der Waals surface area contributed by atoms with Crippen molar-refractivity contribution in [1.82, 2.24) is 0 Å². The number of fused-ring (bicyclic) bond motifs is 2. The first kappa shape index (κ1) is 14.1. The molecule has 0 aliphatic heterocycles. The summed E-state index contributed by atoms with van der Waals surface area (Å²) in [7, 11) is 0. The van der Waals surface area contributed by atoms with Crippen LogP contribution in [0.15, 0.2) is 4.99 Å². The Morgan fingerprint density at radius 3 is 2.28 bits per heavy atom. The van der Waals surface area contributed by atoms with E-state index in [9.17, 15) is 0 Å². The van der Waals surface area contributed by atoms with Crippen LogP contribution in [0.25, 0.3) is 0 Å². The lowest BCUT2D eigenvalue weighted by Gasteiger charge is -2.11. The highest BCUT2D eigenvalue weighted by Crippen LogP contribution is 2.42. The van der Waals surface area contributed by atoms with Crippen LogP contribution in [0.2, 0.25) is 0 Å². The van der Waals surface area contributed by atoms with E-state index in [0.717, 1.165) is 18.4 Å². The number of hydrogen-bond donors (Lipinski definition) is 0. The van der Waals surface area contributed by atoms with Gasteiger partial charge in [0, 0.05) is 12.3 Å². The quantitative estimate of drug-likeness (QED) is 0.486. The lowest BCUT2D eigenvalue weighted by molar-refractivity contribution is 0.575. The summed E-state index contributed by atoms with van der Waals surface area (Å²) in [6.45, 7) is 3.41. The van der Waals surface area contributed by atoms with Crippen LogP contribution >= 0.6 is 0 Å². The van der Waals surface area contributed by atoms with Gasteiger partial charge in [-0.15, -0.1) is 0 Å². The highest BCUT2D eigenvalue weighted by molar-refractivity contribution is 5.89. The zero-order valence-corrected chi connectivity index (χ0v) is 12.3. The SMILES string of the molecule is CCCCCCCCCCN=C1CC2CCC1C2. The third-order valence-corrected chi connectivity index (χ3v) is 4.84. The van der Waals surface area contributed by atoms with Gasteiger partial charge < -0.3 is 0 Å². The molecule has 2 bridgehead atoms. The van der Waals surface area contributed by atoms with Gasteiger partial charge in [0.1, 0.15) is 0 Å². The van der Waals surface area contributed by atoms with Crippen molar-refractivity contribution in [3.63, 3.8) is 0 Å². The minimum atomic E-state index is 0.907. The molecule has 1 nitrogen and oxygen atoms in total. The van der Waals surface area contributed by atoms with Gasteiger partial charge >= 0.3 is 0 Å². The molecule has 0 aromatic carbocycles. The van der Waals surface area contributed by atoms with E-state index in [2.05, 4.69) is 6.92 Å². The molecular formula is C17H31N. The summed E-state index contributed by atoms with van der Waals surface area (Å²) in [6.07, 6.45) is 17.0. The van der Waals surface area contributed by atoms with Crippen molar-refractivity contribution in [3.8, 4) is 0 Å². The highest BCUT2D eigenvalue weighted by atomic mass is 14.8. The van der Waals surface area contributed by atoms with E-state index in [1.165, 1.54) is 77.0 Å². The summed E-state index contributed by atoms with van der Waals surface area (Å²) < 4.78 is 0. The molecule has 2 saturated carbocycles. The van der Waals surface area contributed by atoms with E-state index >= 15 is 0 Å². The molecule has 2 rings (SSSR count). The van der Waals surface area contributed by atoms with Gasteiger partial charge in [-0.3, -0.25) is 4.99 Å². The van der Waals surface area contributed by atoms with Crippen molar-refractivity contribution in [2.75, 3.05) is 6.54 Å². The van der Waals surface area contributed by atoms with Crippen molar-refractivity contribution in [3.05, 3.63) is 0 Å². The largest absolute Gasteiger partial charge is 0.294 e. The second-order valence-electron chi connectivity index (χ2n) is 6.43. The van der Waals surface area contributed by atoms with E-state index in [1.807, 2.05) is 0 Å². The van der Waals surface area contributed by atoms with Crippen LogP contribution in [0.3, 0.4) is 0 Å². The average molecular weight is 249 g/mol. The Hall–Kier alpha value is -0.330. The van der Waals surface area contributed by atoms with Gasteiger partial charge in [0.15, 0.2) is 0 Å². The minimum absolute atomic E-state index is 0.907. The molecule has 18 heavy (non-hydrogen) atoms. The van der Waals surface area contributed by atoms with Crippen molar-refractivity contribution in [2.24, 2.45) is 16.8 Å². The molecule has 0 N–H and O–H groups in total. The van der Waals surface area contributed by atoms with Gasteiger partial charge in [0.2, 0.25) is 0 Å². The monoisotopic (exact) mass is 249 g/mol. The van der Waals surface area contributed by atoms with Crippen LogP contribution in [-0.2, 0) is 0 Å². The van der Waals surface area contributed by atoms with E-state index in [-0.39, 0.29) is 0 Å². The fourth-order valence-corrected chi connectivity index (χ4v) is 3.69. The predicted octanol–water partition coefficient (Wildman–Crippen LogP) is 5.39. The third kappa shape index (κ3) is 4.40. The van der Waals surface area contributed by atoms with Gasteiger partial charge in [0.05, 0.1) is 0 Å². The molecule has 0 aromatic heterocycles. The lowest BCUT2D eigenvalue weighted by atomic mass is 9.98. The molecular weight excluding hydrogens is 218 g/mol. The molecule has 0 radical (unpaired) electrons. The van der Waals surface area contributed by atoms with Crippen LogP contribution in [0.4, 0.5) is 0 Å². The van der Waals surface area contributed by atoms with Gasteiger partial charge in [-0.2, -0.15) is 0 Å². The second kappa shape index (κ2) is 7.96. The molecule has 2 fully saturated rings. The maximum atomic E-state index is 4.87. The van der Waals surface area contributed by atoms with Crippen LogP contribution < -0.4 is 0 Å². The van der Waals surface area contributed by atoms with E-state index in [1.54, 1.807) is 5.71 Å². The zero-order chi connectivity index (χ0) is 12.6. The molecule has 1 heteroatoms. The van der Waals surface area contributed by atoms with Gasteiger partial charge in [-0.05, 0) is 43.9 Å². The maximum absolute atomic E-state index is 4.87. The Labute approximate surface area is 113 Å². The van der Waals surface area contributed by atoms with Gasteiger partial charge in [-0.1, -0.05) is 51.9 Å². The molecule has 2 aliphatic rings. The third-order valence-electron chi connectivity index (χ3n) is 4.84. The summed E-state index contributed by atoms with van der Waals surface area (Å²) in [5, 5.41) is 0. The van der Waals surface area contributed by atoms with Crippen LogP contribution in [0, 0.1) is 11.8 Å². The Morgan fingerprint density at radius 1 is 0.944 bits per heavy atom. The van der Waals surface area contributed by atoms with E-state index in [4.69, 9.17) is 4.99 Å². The smallest absolute Gasteiger partial charge is 0.0388 e. The summed E-state index contributed by atoms with van der Waals surface area (Å²) in [4.78, 5) is 4.87. The number of rotatable bonds is 9. The fraction of sp³-hybridized carbons (Fsp3) is 0.941. The highest BCUT2D eigenvalue weighted by Gasteiger charge is 2.36. The van der Waals surface area contributed by atoms with E-state index < -0.39 is 0 Å². The van der Waals surface area contributed by atoms with Gasteiger partial charge in [-0.25, -0.2) is 0 Å². The van der Waals surface area contributed by atoms with Crippen molar-refractivity contribution in [2.45, 2.75) is 84.0 Å². The molecule has 0 heterocycles. The molecule has 2 aliphatic carbocycles. The first-order valence-corrected chi connectivity index (χ1v) is 8.43. The predicted molar refractivity (Wildman–Crippen MR) is 80.4 cm³/mol. The summed E-state index contributed by atoms with van der Waals surface area (Å²) in [5.41, 5.74) is 1.59. The van der Waals surface area contributed by atoms with Crippen LogP contribution in [0.1, 0.15) is 84.0 Å². The van der Waals surface area contributed by atoms with Crippen molar-refractivity contribution < 1.29 is 0 Å². The van der Waals surface area contributed by atoms with E-state index in [0.29, 0.717) is 0 Å². The Bertz CT molecular complexity index is 256. The number of unbranched alkanes of at least 4 members (excludes halogenated alkanes) is 7. The first-order chi connectivity index (χ1) is 8.90. The fourth-order valence-electron chi connectivity index (χ4n) is 3.69. The number of aliphatic imine (C=N–C) groups is 1. The Balaban J connectivity index is 1.43. The number of nitrogens with zero attached hydrogens (tertiary/aromatic N) is 1. The first-order valence-electron chi connectivity index (χ1n) is 8.43. The minimum Gasteiger partial charge on any atom is -0.294 e. The topological polar surface area (TPSA) is 12.4 Å². The summed E-state index contributed by atoms with van der Waals surface area (Å²) in [5.74, 6) is 1.93. The van der Waals surface area contributed by atoms with Crippen molar-refractivity contribution in [1.29, 1.82) is 0 Å². The maximum Gasteiger partial charge on any atom is 0.0388 e. The summed E-state index contributed by atoms with van der Waals surface area (Å²) >= 11 is 0. The molecule has 2 atom stereocenters. The Morgan fingerprint density at radius 2 is 1.67 bits per heavy atom. The molecule has 104 valence electrons. The standard InChI is InChI=1S/C17H31N/c1-2-3-4-5-6-7-8-9-12-18-17-14-15-10-11-16(17)13-15/h15-16H,2-14H2,1H3. The number of hydrogen-bond acceptors (Lipinski definition) is 1. The normalized spacial score (nSPS) is 28.4. The molecule has 2 unspecified atom stereocenters. The molecule has 0 aromatic rings. The molecule has 0 amide bonds. The zero-order valence-electron chi connectivity index (χ0n) is 12.3.